The topological polar surface area (TPSA) is 15.3 Å². The van der Waals surface area contributed by atoms with Crippen LogP contribution in [0.15, 0.2) is 0 Å². The maximum Gasteiger partial charge on any atom is 0.0308 e. The van der Waals surface area contributed by atoms with Gasteiger partial charge in [0.05, 0.1) is 0 Å². The highest BCUT2D eigenvalue weighted by atomic mass is 15.2. The van der Waals surface area contributed by atoms with Gasteiger partial charge < -0.3 is 10.2 Å². The highest BCUT2D eigenvalue weighted by Crippen LogP contribution is 2.31. The van der Waals surface area contributed by atoms with Gasteiger partial charge in [0.15, 0.2) is 0 Å². The van der Waals surface area contributed by atoms with Crippen LogP contribution in [0.2, 0.25) is 0 Å². The van der Waals surface area contributed by atoms with Gasteiger partial charge in [0.25, 0.3) is 0 Å². The van der Waals surface area contributed by atoms with Crippen LogP contribution in [0.3, 0.4) is 0 Å². The van der Waals surface area contributed by atoms with Gasteiger partial charge in [-0.25, -0.2) is 0 Å². The van der Waals surface area contributed by atoms with Gasteiger partial charge in [-0.05, 0) is 44.2 Å². The van der Waals surface area contributed by atoms with Crippen molar-refractivity contribution in [3.05, 3.63) is 0 Å². The Morgan fingerprint density at radius 2 is 1.83 bits per heavy atom. The molecule has 1 N–H and O–H groups in total. The lowest BCUT2D eigenvalue weighted by Gasteiger charge is -2.41. The Kier molecular flexibility index (Phi) is 4.71. The number of hydrogen-bond donors (Lipinski definition) is 1. The summed E-state index contributed by atoms with van der Waals surface area (Å²) >= 11 is 0. The summed E-state index contributed by atoms with van der Waals surface area (Å²) in [5, 5.41) is 3.89. The van der Waals surface area contributed by atoms with Crippen molar-refractivity contribution < 1.29 is 0 Å². The van der Waals surface area contributed by atoms with E-state index in [1.807, 2.05) is 0 Å². The molecular formula is C16H32N2. The van der Waals surface area contributed by atoms with Crippen molar-refractivity contribution in [2.45, 2.75) is 71.3 Å². The van der Waals surface area contributed by atoms with Crippen molar-refractivity contribution in [3.63, 3.8) is 0 Å². The fourth-order valence-electron chi connectivity index (χ4n) is 3.63. The van der Waals surface area contributed by atoms with Crippen molar-refractivity contribution in [3.8, 4) is 0 Å². The van der Waals surface area contributed by atoms with Crippen molar-refractivity contribution in [2.75, 3.05) is 26.2 Å². The van der Waals surface area contributed by atoms with Gasteiger partial charge in [0.2, 0.25) is 0 Å². The fourth-order valence-corrected chi connectivity index (χ4v) is 3.63. The summed E-state index contributed by atoms with van der Waals surface area (Å²) < 4.78 is 0. The average Bonchev–Trinajstić information content (AvgIpc) is 2.52. The molecule has 1 saturated heterocycles. The second kappa shape index (κ2) is 5.92. The third-order valence-electron chi connectivity index (χ3n) is 5.10. The molecule has 2 heteroatoms. The zero-order chi connectivity index (χ0) is 13.1. The van der Waals surface area contributed by atoms with Crippen LogP contribution >= 0.6 is 0 Å². The van der Waals surface area contributed by atoms with Gasteiger partial charge in [0, 0.05) is 18.6 Å². The van der Waals surface area contributed by atoms with Crippen molar-refractivity contribution >= 4 is 0 Å². The first kappa shape index (κ1) is 14.3. The van der Waals surface area contributed by atoms with E-state index in [-0.39, 0.29) is 0 Å². The highest BCUT2D eigenvalue weighted by molar-refractivity contribution is 4.95. The SMILES string of the molecule is CCC(C)(C)CN1CCCNC2(CCCCC2)C1. The summed E-state index contributed by atoms with van der Waals surface area (Å²) in [6, 6.07) is 0. The number of rotatable bonds is 3. The van der Waals surface area contributed by atoms with Crippen LogP contribution < -0.4 is 5.32 Å². The van der Waals surface area contributed by atoms with Crippen molar-refractivity contribution in [2.24, 2.45) is 5.41 Å². The fraction of sp³-hybridized carbons (Fsp3) is 1.00. The van der Waals surface area contributed by atoms with E-state index in [9.17, 15) is 0 Å². The van der Waals surface area contributed by atoms with Gasteiger partial charge in [-0.2, -0.15) is 0 Å². The van der Waals surface area contributed by atoms with Crippen molar-refractivity contribution in [1.82, 2.24) is 10.2 Å². The molecule has 106 valence electrons. The van der Waals surface area contributed by atoms with Crippen LogP contribution in [0.25, 0.3) is 0 Å². The first-order valence-electron chi connectivity index (χ1n) is 8.03. The Hall–Kier alpha value is -0.0800. The quantitative estimate of drug-likeness (QED) is 0.828. The molecule has 0 atom stereocenters. The zero-order valence-electron chi connectivity index (χ0n) is 12.7. The van der Waals surface area contributed by atoms with E-state index >= 15 is 0 Å². The molecule has 0 radical (unpaired) electrons. The largest absolute Gasteiger partial charge is 0.310 e. The predicted molar refractivity (Wildman–Crippen MR) is 78.9 cm³/mol. The highest BCUT2D eigenvalue weighted by Gasteiger charge is 2.35. The third-order valence-corrected chi connectivity index (χ3v) is 5.10. The second-order valence-electron chi connectivity index (χ2n) is 7.35. The lowest BCUT2D eigenvalue weighted by Crippen LogP contribution is -2.53. The van der Waals surface area contributed by atoms with Gasteiger partial charge in [-0.15, -0.1) is 0 Å². The van der Waals surface area contributed by atoms with Gasteiger partial charge >= 0.3 is 0 Å². The first-order chi connectivity index (χ1) is 8.55. The summed E-state index contributed by atoms with van der Waals surface area (Å²) in [7, 11) is 0. The van der Waals surface area contributed by atoms with Crippen LogP contribution in [-0.2, 0) is 0 Å². The minimum Gasteiger partial charge on any atom is -0.310 e. The van der Waals surface area contributed by atoms with E-state index < -0.39 is 0 Å². The van der Waals surface area contributed by atoms with Crippen LogP contribution in [0.5, 0.6) is 0 Å². The molecule has 0 aromatic rings. The maximum absolute atomic E-state index is 3.89. The molecule has 1 aliphatic heterocycles. The standard InChI is InChI=1S/C16H32N2/c1-4-15(2,3)13-18-12-8-11-17-16(14-18)9-6-5-7-10-16/h17H,4-14H2,1-3H3. The molecule has 0 unspecified atom stereocenters. The summed E-state index contributed by atoms with van der Waals surface area (Å²) in [5.41, 5.74) is 0.929. The number of hydrogen-bond acceptors (Lipinski definition) is 2. The Balaban J connectivity index is 1.98. The maximum atomic E-state index is 3.89. The Bertz CT molecular complexity index is 254. The summed E-state index contributed by atoms with van der Waals surface area (Å²) in [6.45, 7) is 12.2. The molecule has 2 nitrogen and oxygen atoms in total. The minimum atomic E-state index is 0.457. The van der Waals surface area contributed by atoms with Gasteiger partial charge in [0.1, 0.15) is 0 Å². The lowest BCUT2D eigenvalue weighted by atomic mass is 9.81. The van der Waals surface area contributed by atoms with Gasteiger partial charge in [-0.1, -0.05) is 40.0 Å². The van der Waals surface area contributed by atoms with E-state index in [0.717, 1.165) is 0 Å². The molecule has 2 aliphatic rings. The molecule has 2 fully saturated rings. The van der Waals surface area contributed by atoms with Crippen LogP contribution in [0, 0.1) is 5.41 Å². The molecule has 1 saturated carbocycles. The monoisotopic (exact) mass is 252 g/mol. The zero-order valence-corrected chi connectivity index (χ0v) is 12.7. The summed E-state index contributed by atoms with van der Waals surface area (Å²) in [4.78, 5) is 2.74. The average molecular weight is 252 g/mol. The van der Waals surface area contributed by atoms with E-state index in [4.69, 9.17) is 0 Å². The van der Waals surface area contributed by atoms with E-state index in [1.54, 1.807) is 0 Å². The minimum absolute atomic E-state index is 0.457. The number of nitrogens with zero attached hydrogens (tertiary/aromatic N) is 1. The summed E-state index contributed by atoms with van der Waals surface area (Å²) in [6.07, 6.45) is 9.71. The summed E-state index contributed by atoms with van der Waals surface area (Å²) in [5.74, 6) is 0. The Labute approximate surface area is 114 Å². The number of nitrogens with one attached hydrogen (secondary N) is 1. The molecule has 1 heterocycles. The van der Waals surface area contributed by atoms with E-state index in [2.05, 4.69) is 31.0 Å². The molecule has 1 aliphatic carbocycles. The first-order valence-corrected chi connectivity index (χ1v) is 8.03. The Morgan fingerprint density at radius 1 is 1.11 bits per heavy atom. The Morgan fingerprint density at radius 3 is 2.50 bits per heavy atom. The third kappa shape index (κ3) is 3.71. The molecule has 2 rings (SSSR count). The van der Waals surface area contributed by atoms with Crippen LogP contribution in [-0.4, -0.2) is 36.6 Å². The molecule has 1 spiro atoms. The molecule has 0 bridgehead atoms. The van der Waals surface area contributed by atoms with Crippen molar-refractivity contribution in [1.29, 1.82) is 0 Å². The smallest absolute Gasteiger partial charge is 0.0308 e. The lowest BCUT2D eigenvalue weighted by molar-refractivity contribution is 0.123. The second-order valence-corrected chi connectivity index (χ2v) is 7.35. The molecular weight excluding hydrogens is 220 g/mol. The predicted octanol–water partition coefficient (Wildman–Crippen LogP) is 3.42. The van der Waals surface area contributed by atoms with Crippen LogP contribution in [0.1, 0.15) is 65.7 Å². The van der Waals surface area contributed by atoms with Gasteiger partial charge in [-0.3, -0.25) is 0 Å². The molecule has 0 aromatic carbocycles. The van der Waals surface area contributed by atoms with Crippen LogP contribution in [0.4, 0.5) is 0 Å². The molecule has 18 heavy (non-hydrogen) atoms. The van der Waals surface area contributed by atoms with E-state index in [0.29, 0.717) is 11.0 Å². The normalized spacial score (nSPS) is 26.2. The molecule has 0 amide bonds. The van der Waals surface area contributed by atoms with E-state index in [1.165, 1.54) is 71.1 Å². The molecule has 0 aromatic heterocycles.